The number of aryl methyl sites for hydroxylation is 1. The Morgan fingerprint density at radius 1 is 1.22 bits per heavy atom. The Kier molecular flexibility index (Phi) is 6.76. The standard InChI is InChI=1S/C15H26N2O/c1-13(12-17(2)3)16-11-5-6-14-7-9-15(18-4)10-8-14/h7-10,13,16H,5-6,11-12H2,1-4H3. The van der Waals surface area contributed by atoms with Gasteiger partial charge in [0.25, 0.3) is 0 Å². The molecule has 0 aliphatic carbocycles. The van der Waals surface area contributed by atoms with E-state index in [-0.39, 0.29) is 0 Å². The van der Waals surface area contributed by atoms with Gasteiger partial charge in [-0.05, 0) is 58.1 Å². The maximum absolute atomic E-state index is 5.15. The summed E-state index contributed by atoms with van der Waals surface area (Å²) >= 11 is 0. The number of hydrogen-bond donors (Lipinski definition) is 1. The van der Waals surface area contributed by atoms with Gasteiger partial charge in [0.1, 0.15) is 5.75 Å². The molecule has 1 atom stereocenters. The monoisotopic (exact) mass is 250 g/mol. The molecule has 1 aromatic rings. The lowest BCUT2D eigenvalue weighted by Crippen LogP contribution is -2.36. The van der Waals surface area contributed by atoms with Gasteiger partial charge in [-0.3, -0.25) is 0 Å². The molecule has 0 aliphatic rings. The molecule has 102 valence electrons. The zero-order chi connectivity index (χ0) is 13.4. The summed E-state index contributed by atoms with van der Waals surface area (Å²) in [5, 5.41) is 3.54. The van der Waals surface area contributed by atoms with Gasteiger partial charge >= 0.3 is 0 Å². The van der Waals surface area contributed by atoms with E-state index in [1.165, 1.54) is 12.0 Å². The van der Waals surface area contributed by atoms with Gasteiger partial charge in [-0.15, -0.1) is 0 Å². The van der Waals surface area contributed by atoms with Crippen LogP contribution in [0.25, 0.3) is 0 Å². The van der Waals surface area contributed by atoms with Crippen molar-refractivity contribution in [3.8, 4) is 5.75 Å². The lowest BCUT2D eigenvalue weighted by atomic mass is 10.1. The van der Waals surface area contributed by atoms with E-state index >= 15 is 0 Å². The van der Waals surface area contributed by atoms with Gasteiger partial charge in [0.05, 0.1) is 7.11 Å². The fourth-order valence-corrected chi connectivity index (χ4v) is 2.05. The Morgan fingerprint density at radius 3 is 2.44 bits per heavy atom. The summed E-state index contributed by atoms with van der Waals surface area (Å²) in [6, 6.07) is 8.88. The van der Waals surface area contributed by atoms with Crippen LogP contribution in [0.3, 0.4) is 0 Å². The van der Waals surface area contributed by atoms with E-state index in [1.807, 2.05) is 12.1 Å². The van der Waals surface area contributed by atoms with Crippen LogP contribution in [0.1, 0.15) is 18.9 Å². The third-order valence-electron chi connectivity index (χ3n) is 2.93. The maximum Gasteiger partial charge on any atom is 0.118 e. The molecule has 0 radical (unpaired) electrons. The van der Waals surface area contributed by atoms with Gasteiger partial charge in [0, 0.05) is 12.6 Å². The predicted molar refractivity (Wildman–Crippen MR) is 77.3 cm³/mol. The van der Waals surface area contributed by atoms with Crippen LogP contribution in [0.2, 0.25) is 0 Å². The predicted octanol–water partition coefficient (Wildman–Crippen LogP) is 2.17. The second kappa shape index (κ2) is 8.11. The van der Waals surface area contributed by atoms with Crippen molar-refractivity contribution in [2.75, 3.05) is 34.3 Å². The quantitative estimate of drug-likeness (QED) is 0.716. The summed E-state index contributed by atoms with van der Waals surface area (Å²) in [5.41, 5.74) is 1.37. The molecule has 1 rings (SSSR count). The summed E-state index contributed by atoms with van der Waals surface area (Å²) in [4.78, 5) is 2.21. The molecule has 1 N–H and O–H groups in total. The number of nitrogens with zero attached hydrogens (tertiary/aromatic N) is 1. The normalized spacial score (nSPS) is 12.7. The molecule has 0 aliphatic heterocycles. The molecule has 18 heavy (non-hydrogen) atoms. The summed E-state index contributed by atoms with van der Waals surface area (Å²) in [6.45, 7) is 4.39. The SMILES string of the molecule is COc1ccc(CCCNC(C)CN(C)C)cc1. The molecule has 0 saturated carbocycles. The first-order valence-electron chi connectivity index (χ1n) is 6.63. The fraction of sp³-hybridized carbons (Fsp3) is 0.600. The van der Waals surface area contributed by atoms with Crippen molar-refractivity contribution in [2.24, 2.45) is 0 Å². The summed E-state index contributed by atoms with van der Waals surface area (Å²) in [7, 11) is 5.91. The summed E-state index contributed by atoms with van der Waals surface area (Å²) in [5.74, 6) is 0.927. The average molecular weight is 250 g/mol. The smallest absolute Gasteiger partial charge is 0.118 e. The number of methoxy groups -OCH3 is 1. The lowest BCUT2D eigenvalue weighted by molar-refractivity contribution is 0.349. The highest BCUT2D eigenvalue weighted by atomic mass is 16.5. The Hall–Kier alpha value is -1.06. The molecule has 3 nitrogen and oxygen atoms in total. The number of benzene rings is 1. The number of nitrogens with one attached hydrogen (secondary N) is 1. The van der Waals surface area contributed by atoms with Crippen LogP contribution in [0.5, 0.6) is 5.75 Å². The highest BCUT2D eigenvalue weighted by molar-refractivity contribution is 5.27. The molecule has 0 fully saturated rings. The highest BCUT2D eigenvalue weighted by Gasteiger charge is 2.01. The second-order valence-corrected chi connectivity index (χ2v) is 5.07. The average Bonchev–Trinajstić information content (AvgIpc) is 2.34. The minimum Gasteiger partial charge on any atom is -0.497 e. The molecule has 0 heterocycles. The second-order valence-electron chi connectivity index (χ2n) is 5.07. The summed E-state index contributed by atoms with van der Waals surface area (Å²) in [6.07, 6.45) is 2.29. The molecule has 1 unspecified atom stereocenters. The van der Waals surface area contributed by atoms with Crippen molar-refractivity contribution in [1.29, 1.82) is 0 Å². The van der Waals surface area contributed by atoms with Crippen molar-refractivity contribution < 1.29 is 4.74 Å². The molecule has 0 spiro atoms. The molecule has 1 aromatic carbocycles. The maximum atomic E-state index is 5.15. The number of likely N-dealkylation sites (N-methyl/N-ethyl adjacent to an activating group) is 1. The first kappa shape index (κ1) is 15.0. The van der Waals surface area contributed by atoms with Crippen molar-refractivity contribution in [3.63, 3.8) is 0 Å². The van der Waals surface area contributed by atoms with Gasteiger partial charge in [0.2, 0.25) is 0 Å². The molecule has 0 saturated heterocycles. The van der Waals surface area contributed by atoms with Crippen LogP contribution in [0.4, 0.5) is 0 Å². The highest BCUT2D eigenvalue weighted by Crippen LogP contribution is 2.12. The Bertz CT molecular complexity index is 322. The molecule has 0 bridgehead atoms. The van der Waals surface area contributed by atoms with Crippen molar-refractivity contribution >= 4 is 0 Å². The van der Waals surface area contributed by atoms with Gasteiger partial charge in [0.15, 0.2) is 0 Å². The van der Waals surface area contributed by atoms with Gasteiger partial charge in [-0.25, -0.2) is 0 Å². The van der Waals surface area contributed by atoms with Crippen LogP contribution >= 0.6 is 0 Å². The number of rotatable bonds is 8. The molecule has 0 aromatic heterocycles. The minimum atomic E-state index is 0.552. The zero-order valence-corrected chi connectivity index (χ0v) is 12.1. The van der Waals surface area contributed by atoms with Gasteiger partial charge in [-0.2, -0.15) is 0 Å². The van der Waals surface area contributed by atoms with E-state index in [4.69, 9.17) is 4.74 Å². The van der Waals surface area contributed by atoms with Crippen molar-refractivity contribution in [3.05, 3.63) is 29.8 Å². The Morgan fingerprint density at radius 2 is 1.89 bits per heavy atom. The third kappa shape index (κ3) is 6.03. The van der Waals surface area contributed by atoms with E-state index < -0.39 is 0 Å². The van der Waals surface area contributed by atoms with Crippen LogP contribution in [0, 0.1) is 0 Å². The van der Waals surface area contributed by atoms with Crippen LogP contribution in [0.15, 0.2) is 24.3 Å². The summed E-state index contributed by atoms with van der Waals surface area (Å²) < 4.78 is 5.15. The largest absolute Gasteiger partial charge is 0.497 e. The molecule has 0 amide bonds. The topological polar surface area (TPSA) is 24.5 Å². The van der Waals surface area contributed by atoms with E-state index in [0.29, 0.717) is 6.04 Å². The molecular formula is C15H26N2O. The van der Waals surface area contributed by atoms with E-state index in [9.17, 15) is 0 Å². The third-order valence-corrected chi connectivity index (χ3v) is 2.93. The van der Waals surface area contributed by atoms with Crippen LogP contribution in [-0.4, -0.2) is 45.2 Å². The van der Waals surface area contributed by atoms with E-state index in [0.717, 1.165) is 25.3 Å². The molecule has 3 heteroatoms. The van der Waals surface area contributed by atoms with Crippen LogP contribution < -0.4 is 10.1 Å². The zero-order valence-electron chi connectivity index (χ0n) is 12.1. The van der Waals surface area contributed by atoms with E-state index in [2.05, 4.69) is 43.4 Å². The number of ether oxygens (including phenoxy) is 1. The first-order valence-corrected chi connectivity index (χ1v) is 6.63. The lowest BCUT2D eigenvalue weighted by Gasteiger charge is -2.18. The van der Waals surface area contributed by atoms with Crippen molar-refractivity contribution in [2.45, 2.75) is 25.8 Å². The van der Waals surface area contributed by atoms with Gasteiger partial charge < -0.3 is 15.0 Å². The molecular weight excluding hydrogens is 224 g/mol. The van der Waals surface area contributed by atoms with Crippen LogP contribution in [-0.2, 0) is 6.42 Å². The minimum absolute atomic E-state index is 0.552. The first-order chi connectivity index (χ1) is 8.61. The van der Waals surface area contributed by atoms with Crippen molar-refractivity contribution in [1.82, 2.24) is 10.2 Å². The Labute approximate surface area is 111 Å². The Balaban J connectivity index is 2.17. The fourth-order valence-electron chi connectivity index (χ4n) is 2.05. The van der Waals surface area contributed by atoms with Gasteiger partial charge in [-0.1, -0.05) is 12.1 Å². The number of hydrogen-bond acceptors (Lipinski definition) is 3. The van der Waals surface area contributed by atoms with E-state index in [1.54, 1.807) is 7.11 Å².